The molecule has 8 heteroatoms. The predicted molar refractivity (Wildman–Crippen MR) is 116 cm³/mol. The molecule has 3 rings (SSSR count). The molecule has 0 aliphatic rings. The predicted octanol–water partition coefficient (Wildman–Crippen LogP) is 3.41. The molecule has 0 saturated heterocycles. The van der Waals surface area contributed by atoms with Crippen LogP contribution in [-0.4, -0.2) is 39.6 Å². The van der Waals surface area contributed by atoms with Crippen LogP contribution in [0.5, 0.6) is 0 Å². The highest BCUT2D eigenvalue weighted by Crippen LogP contribution is 2.15. The lowest BCUT2D eigenvalue weighted by atomic mass is 10.1. The lowest BCUT2D eigenvalue weighted by Crippen LogP contribution is -2.30. The summed E-state index contributed by atoms with van der Waals surface area (Å²) in [6.45, 7) is 6.61. The highest BCUT2D eigenvalue weighted by atomic mass is 19.1. The molecule has 3 aromatic rings. The minimum atomic E-state index is -0.724. The topological polar surface area (TPSA) is 84.3 Å². The molecule has 160 valence electrons. The number of amides is 2. The quantitative estimate of drug-likeness (QED) is 0.660. The Bertz CT molecular complexity index is 1170. The van der Waals surface area contributed by atoms with E-state index in [1.54, 1.807) is 48.2 Å². The van der Waals surface area contributed by atoms with Crippen LogP contribution in [0, 0.1) is 12.7 Å². The van der Waals surface area contributed by atoms with Crippen molar-refractivity contribution in [1.29, 1.82) is 0 Å². The van der Waals surface area contributed by atoms with Crippen LogP contribution >= 0.6 is 0 Å². The summed E-state index contributed by atoms with van der Waals surface area (Å²) < 4.78 is 15.4. The fourth-order valence-corrected chi connectivity index (χ4v) is 3.15. The average molecular weight is 422 g/mol. The molecule has 2 amide bonds. The van der Waals surface area contributed by atoms with E-state index >= 15 is 0 Å². The Labute approximate surface area is 179 Å². The first kappa shape index (κ1) is 21.9. The number of hydrogen-bond acceptors (Lipinski definition) is 4. The van der Waals surface area contributed by atoms with Gasteiger partial charge in [0.25, 0.3) is 11.8 Å². The second kappa shape index (κ2) is 9.34. The highest BCUT2D eigenvalue weighted by Gasteiger charge is 2.17. The van der Waals surface area contributed by atoms with Crippen LogP contribution in [0.25, 0.3) is 5.69 Å². The summed E-state index contributed by atoms with van der Waals surface area (Å²) in [5.74, 6) is -1.35. The summed E-state index contributed by atoms with van der Waals surface area (Å²) >= 11 is 0. The van der Waals surface area contributed by atoms with Gasteiger partial charge in [0.1, 0.15) is 11.5 Å². The van der Waals surface area contributed by atoms with Gasteiger partial charge in [0.15, 0.2) is 5.69 Å². The zero-order valence-corrected chi connectivity index (χ0v) is 17.6. The molecule has 2 aromatic carbocycles. The molecule has 0 aliphatic heterocycles. The van der Waals surface area contributed by atoms with Crippen molar-refractivity contribution >= 4 is 17.5 Å². The van der Waals surface area contributed by atoms with Crippen molar-refractivity contribution in [1.82, 2.24) is 14.7 Å². The fraction of sp³-hybridized carbons (Fsp3) is 0.217. The number of hydrogen-bond donors (Lipinski definition) is 1. The van der Waals surface area contributed by atoms with Gasteiger partial charge in [-0.05, 0) is 57.2 Å². The molecular formula is C23H23FN4O3. The van der Waals surface area contributed by atoms with E-state index in [1.807, 2.05) is 13.8 Å². The maximum absolute atomic E-state index is 14.2. The first-order valence-electron chi connectivity index (χ1n) is 9.92. The third kappa shape index (κ3) is 4.69. The number of aromatic nitrogens is 2. The van der Waals surface area contributed by atoms with Crippen molar-refractivity contribution in [3.05, 3.63) is 87.6 Å². The van der Waals surface area contributed by atoms with Crippen molar-refractivity contribution in [2.45, 2.75) is 20.8 Å². The van der Waals surface area contributed by atoms with Gasteiger partial charge in [0.05, 0.1) is 0 Å². The molecule has 0 atom stereocenters. The Morgan fingerprint density at radius 2 is 1.71 bits per heavy atom. The van der Waals surface area contributed by atoms with Crippen LogP contribution in [0.4, 0.5) is 10.1 Å². The van der Waals surface area contributed by atoms with E-state index in [9.17, 15) is 18.8 Å². The van der Waals surface area contributed by atoms with E-state index in [1.165, 1.54) is 22.9 Å². The van der Waals surface area contributed by atoms with E-state index in [0.717, 1.165) is 0 Å². The van der Waals surface area contributed by atoms with Crippen LogP contribution in [0.2, 0.25) is 0 Å². The standard InChI is InChI=1S/C23H23FN4O3/c1-4-27(5-2)23(31)16-10-12-17(13-11-16)25-22(30)21-20(29)14-15(3)28(26-21)19-9-7-6-8-18(19)24/h6-14H,4-5H2,1-3H3,(H,25,30). The fourth-order valence-electron chi connectivity index (χ4n) is 3.15. The van der Waals surface area contributed by atoms with Gasteiger partial charge >= 0.3 is 0 Å². The third-order valence-corrected chi connectivity index (χ3v) is 4.84. The van der Waals surface area contributed by atoms with Gasteiger partial charge < -0.3 is 10.2 Å². The lowest BCUT2D eigenvalue weighted by Gasteiger charge is -2.18. The van der Waals surface area contributed by atoms with E-state index in [2.05, 4.69) is 10.4 Å². The molecule has 0 saturated carbocycles. The molecule has 1 aromatic heterocycles. The smallest absolute Gasteiger partial charge is 0.280 e. The third-order valence-electron chi connectivity index (χ3n) is 4.84. The number of rotatable bonds is 6. The van der Waals surface area contributed by atoms with Gasteiger partial charge in [-0.3, -0.25) is 14.4 Å². The van der Waals surface area contributed by atoms with Gasteiger partial charge in [-0.2, -0.15) is 5.10 Å². The maximum atomic E-state index is 14.2. The summed E-state index contributed by atoms with van der Waals surface area (Å²) in [4.78, 5) is 39.1. The number of nitrogens with zero attached hydrogens (tertiary/aromatic N) is 3. The van der Waals surface area contributed by atoms with Crippen LogP contribution in [0.15, 0.2) is 59.4 Å². The summed E-state index contributed by atoms with van der Waals surface area (Å²) in [5.41, 5.74) is 0.490. The number of benzene rings is 2. The normalized spacial score (nSPS) is 10.6. The van der Waals surface area contributed by atoms with E-state index < -0.39 is 17.2 Å². The number of halogens is 1. The highest BCUT2D eigenvalue weighted by molar-refractivity contribution is 6.03. The maximum Gasteiger partial charge on any atom is 0.280 e. The minimum absolute atomic E-state index is 0.101. The van der Waals surface area contributed by atoms with Gasteiger partial charge in [-0.1, -0.05) is 12.1 Å². The molecular weight excluding hydrogens is 399 g/mol. The molecule has 1 N–H and O–H groups in total. The molecule has 0 bridgehead atoms. The first-order chi connectivity index (χ1) is 14.8. The number of carbonyl (C=O) groups is 2. The van der Waals surface area contributed by atoms with E-state index in [0.29, 0.717) is 30.0 Å². The SMILES string of the molecule is CCN(CC)C(=O)c1ccc(NC(=O)c2nn(-c3ccccc3F)c(C)cc2=O)cc1. The van der Waals surface area contributed by atoms with Crippen LogP contribution in [0.1, 0.15) is 40.4 Å². The molecule has 0 aliphatic carbocycles. The molecule has 0 spiro atoms. The zero-order chi connectivity index (χ0) is 22.5. The van der Waals surface area contributed by atoms with Gasteiger partial charge in [-0.25, -0.2) is 9.07 Å². The van der Waals surface area contributed by atoms with Crippen molar-refractivity contribution in [3.8, 4) is 5.69 Å². The summed E-state index contributed by atoms with van der Waals surface area (Å²) in [6, 6.07) is 13.6. The van der Waals surface area contributed by atoms with Crippen LogP contribution in [-0.2, 0) is 0 Å². The zero-order valence-electron chi connectivity index (χ0n) is 17.6. The van der Waals surface area contributed by atoms with Gasteiger partial charge in [0.2, 0.25) is 5.43 Å². The largest absolute Gasteiger partial charge is 0.339 e. The first-order valence-corrected chi connectivity index (χ1v) is 9.92. The second-order valence-corrected chi connectivity index (χ2v) is 6.87. The molecule has 1 heterocycles. The Morgan fingerprint density at radius 1 is 1.06 bits per heavy atom. The van der Waals surface area contributed by atoms with Crippen molar-refractivity contribution < 1.29 is 14.0 Å². The number of anilines is 1. The monoisotopic (exact) mass is 422 g/mol. The number of nitrogens with one attached hydrogen (secondary N) is 1. The molecule has 0 unspecified atom stereocenters. The minimum Gasteiger partial charge on any atom is -0.339 e. The second-order valence-electron chi connectivity index (χ2n) is 6.87. The Balaban J connectivity index is 1.86. The number of para-hydroxylation sites is 1. The van der Waals surface area contributed by atoms with Crippen molar-refractivity contribution in [3.63, 3.8) is 0 Å². The molecule has 0 fully saturated rings. The van der Waals surface area contributed by atoms with Gasteiger partial charge in [0, 0.05) is 36.1 Å². The molecule has 0 radical (unpaired) electrons. The Kier molecular flexibility index (Phi) is 6.59. The Hall–Kier alpha value is -3.81. The molecule has 31 heavy (non-hydrogen) atoms. The average Bonchev–Trinajstić information content (AvgIpc) is 2.76. The van der Waals surface area contributed by atoms with Crippen molar-refractivity contribution in [2.75, 3.05) is 18.4 Å². The summed E-state index contributed by atoms with van der Waals surface area (Å²) in [6.07, 6.45) is 0. The van der Waals surface area contributed by atoms with E-state index in [-0.39, 0.29) is 17.3 Å². The van der Waals surface area contributed by atoms with Gasteiger partial charge in [-0.15, -0.1) is 0 Å². The van der Waals surface area contributed by atoms with Crippen LogP contribution < -0.4 is 10.7 Å². The number of carbonyl (C=O) groups excluding carboxylic acids is 2. The summed E-state index contributed by atoms with van der Waals surface area (Å²) in [5, 5.41) is 6.68. The van der Waals surface area contributed by atoms with E-state index in [4.69, 9.17) is 0 Å². The lowest BCUT2D eigenvalue weighted by molar-refractivity contribution is 0.0773. The Morgan fingerprint density at radius 3 is 2.32 bits per heavy atom. The van der Waals surface area contributed by atoms with Crippen molar-refractivity contribution in [2.24, 2.45) is 0 Å². The number of aryl methyl sites for hydroxylation is 1. The molecule has 7 nitrogen and oxygen atoms in total. The van der Waals surface area contributed by atoms with Crippen LogP contribution in [0.3, 0.4) is 0 Å². The summed E-state index contributed by atoms with van der Waals surface area (Å²) in [7, 11) is 0.